The molecule has 0 heterocycles. The summed E-state index contributed by atoms with van der Waals surface area (Å²) in [7, 11) is 0. The summed E-state index contributed by atoms with van der Waals surface area (Å²) >= 11 is 0. The predicted octanol–water partition coefficient (Wildman–Crippen LogP) is 5.98. The molecule has 0 bridgehead atoms. The zero-order chi connectivity index (χ0) is 27.6. The van der Waals surface area contributed by atoms with Gasteiger partial charge < -0.3 is 20.2 Å². The van der Waals surface area contributed by atoms with Crippen LogP contribution in [0.2, 0.25) is 0 Å². The Kier molecular flexibility index (Phi) is 6.34. The highest BCUT2D eigenvalue weighted by atomic mass is 16.3. The SMILES string of the molecule is O=c1c(-c2c(O)cc(N(c3ccccc3)c3ccccc3)cc2O)c([O-])c1=[N+](c1ccccc1)c1ccccc1. The van der Waals surface area contributed by atoms with Crippen LogP contribution in [-0.4, -0.2) is 10.2 Å². The number of hydrogen-bond acceptors (Lipinski definition) is 5. The van der Waals surface area contributed by atoms with E-state index in [0.29, 0.717) is 17.1 Å². The van der Waals surface area contributed by atoms with E-state index < -0.39 is 11.2 Å². The van der Waals surface area contributed by atoms with E-state index >= 15 is 0 Å². The number of nitrogens with zero attached hydrogens (tertiary/aromatic N) is 2. The molecule has 0 amide bonds. The Balaban J connectivity index is 1.52. The third-order valence-electron chi connectivity index (χ3n) is 6.76. The number of rotatable bonds is 6. The highest BCUT2D eigenvalue weighted by molar-refractivity contribution is 5.87. The number of para-hydroxylation sites is 4. The Morgan fingerprint density at radius 2 is 0.950 bits per heavy atom. The first-order valence-electron chi connectivity index (χ1n) is 12.7. The molecule has 0 unspecified atom stereocenters. The fraction of sp³-hybridized carbons (Fsp3) is 0. The Bertz CT molecular complexity index is 1770. The van der Waals surface area contributed by atoms with E-state index in [2.05, 4.69) is 0 Å². The number of benzene rings is 5. The minimum Gasteiger partial charge on any atom is -0.867 e. The molecule has 0 fully saturated rings. The average Bonchev–Trinajstić information content (AvgIpc) is 2.99. The minimum atomic E-state index is -0.556. The van der Waals surface area contributed by atoms with Crippen molar-refractivity contribution in [1.29, 1.82) is 0 Å². The molecule has 0 saturated heterocycles. The molecule has 0 atom stereocenters. The van der Waals surface area contributed by atoms with Gasteiger partial charge in [-0.05, 0) is 30.0 Å². The number of hydrogen-bond donors (Lipinski definition) is 2. The molecule has 2 N–H and O–H groups in total. The first-order chi connectivity index (χ1) is 19.5. The van der Waals surface area contributed by atoms with Crippen molar-refractivity contribution in [1.82, 2.24) is 4.58 Å². The van der Waals surface area contributed by atoms with Crippen LogP contribution in [-0.2, 0) is 0 Å². The van der Waals surface area contributed by atoms with Gasteiger partial charge in [0, 0.05) is 53.3 Å². The molecule has 40 heavy (non-hydrogen) atoms. The summed E-state index contributed by atoms with van der Waals surface area (Å²) in [5.74, 6) is -1.29. The molecule has 194 valence electrons. The molecule has 6 heteroatoms. The highest BCUT2D eigenvalue weighted by Crippen LogP contribution is 2.45. The summed E-state index contributed by atoms with van der Waals surface area (Å²) in [6.07, 6.45) is 0. The molecule has 0 radical (unpaired) electrons. The van der Waals surface area contributed by atoms with Gasteiger partial charge in [0.2, 0.25) is 11.4 Å². The Hall–Kier alpha value is -5.62. The van der Waals surface area contributed by atoms with Crippen molar-refractivity contribution in [3.63, 3.8) is 0 Å². The highest BCUT2D eigenvalue weighted by Gasteiger charge is 2.29. The third kappa shape index (κ3) is 4.27. The van der Waals surface area contributed by atoms with E-state index in [9.17, 15) is 20.1 Å². The zero-order valence-corrected chi connectivity index (χ0v) is 21.3. The molecule has 0 aromatic heterocycles. The lowest BCUT2D eigenvalue weighted by molar-refractivity contribution is -0.271. The Morgan fingerprint density at radius 3 is 1.35 bits per heavy atom. The molecule has 0 aliphatic rings. The summed E-state index contributed by atoms with van der Waals surface area (Å²) in [6, 6.07) is 40.1. The summed E-state index contributed by atoms with van der Waals surface area (Å²) in [6.45, 7) is 0. The molecule has 6 aromatic carbocycles. The van der Waals surface area contributed by atoms with Crippen molar-refractivity contribution >= 4 is 28.4 Å². The van der Waals surface area contributed by atoms with E-state index in [1.54, 1.807) is 4.58 Å². The second-order valence-electron chi connectivity index (χ2n) is 9.25. The normalized spacial score (nSPS) is 10.9. The standard InChI is InChI=1S/C34H24N2O4/c37-28-21-27(35(23-13-5-1-6-14-23)24-15-7-2-8-16-24)22-29(38)30(28)31-33(39)32(34(31)40)36(25-17-9-3-10-18-25)26-19-11-4-12-20-26/h1-22H,(H2,37,38,39,40). The monoisotopic (exact) mass is 524 g/mol. The van der Waals surface area contributed by atoms with Crippen LogP contribution < -0.4 is 25.4 Å². The van der Waals surface area contributed by atoms with Gasteiger partial charge in [0.1, 0.15) is 11.5 Å². The van der Waals surface area contributed by atoms with Crippen LogP contribution in [0.1, 0.15) is 0 Å². The number of aromatic hydroxyl groups is 2. The van der Waals surface area contributed by atoms with Crippen LogP contribution in [0, 0.1) is 0 Å². The Morgan fingerprint density at radius 1 is 0.550 bits per heavy atom. The fourth-order valence-corrected chi connectivity index (χ4v) is 4.96. The van der Waals surface area contributed by atoms with Crippen molar-refractivity contribution in [3.05, 3.63) is 149 Å². The maximum absolute atomic E-state index is 13.6. The number of anilines is 3. The van der Waals surface area contributed by atoms with Crippen molar-refractivity contribution < 1.29 is 15.3 Å². The quantitative estimate of drug-likeness (QED) is 0.262. The molecule has 0 saturated carbocycles. The molecule has 6 rings (SSSR count). The van der Waals surface area contributed by atoms with Gasteiger partial charge in [0.15, 0.2) is 0 Å². The van der Waals surface area contributed by atoms with Gasteiger partial charge in [0.05, 0.1) is 11.3 Å². The van der Waals surface area contributed by atoms with Crippen LogP contribution >= 0.6 is 0 Å². The number of phenolic OH excluding ortho intramolecular Hbond substituents is 2. The van der Waals surface area contributed by atoms with Crippen LogP contribution in [0.3, 0.4) is 0 Å². The maximum atomic E-state index is 13.6. The molecule has 0 aliphatic heterocycles. The number of phenols is 2. The van der Waals surface area contributed by atoms with Gasteiger partial charge in [-0.15, -0.1) is 0 Å². The van der Waals surface area contributed by atoms with E-state index in [1.807, 2.05) is 126 Å². The van der Waals surface area contributed by atoms with Gasteiger partial charge in [-0.2, -0.15) is 4.58 Å². The van der Waals surface area contributed by atoms with Gasteiger partial charge in [0.25, 0.3) is 10.8 Å². The second kappa shape index (κ2) is 10.3. The first-order valence-corrected chi connectivity index (χ1v) is 12.7. The second-order valence-corrected chi connectivity index (χ2v) is 9.25. The van der Waals surface area contributed by atoms with Crippen molar-refractivity contribution in [2.24, 2.45) is 0 Å². The topological polar surface area (TPSA) is 86.8 Å². The minimum absolute atomic E-state index is 0.0505. The molecule has 0 spiro atoms. The molecule has 0 aliphatic carbocycles. The maximum Gasteiger partial charge on any atom is 0.257 e. The van der Waals surface area contributed by atoms with E-state index in [1.165, 1.54) is 12.1 Å². The molecule has 6 nitrogen and oxygen atoms in total. The van der Waals surface area contributed by atoms with Crippen molar-refractivity contribution in [2.45, 2.75) is 0 Å². The van der Waals surface area contributed by atoms with Gasteiger partial charge in [-0.3, -0.25) is 4.79 Å². The fourth-order valence-electron chi connectivity index (χ4n) is 4.96. The van der Waals surface area contributed by atoms with Crippen molar-refractivity contribution in [3.8, 4) is 28.4 Å². The van der Waals surface area contributed by atoms with E-state index in [4.69, 9.17) is 0 Å². The van der Waals surface area contributed by atoms with Crippen molar-refractivity contribution in [2.75, 3.05) is 4.90 Å². The summed E-state index contributed by atoms with van der Waals surface area (Å²) in [4.78, 5) is 15.4. The van der Waals surface area contributed by atoms with Crippen LogP contribution in [0.5, 0.6) is 17.2 Å². The first kappa shape index (κ1) is 24.7. The van der Waals surface area contributed by atoms with Gasteiger partial charge >= 0.3 is 0 Å². The predicted molar refractivity (Wildman–Crippen MR) is 155 cm³/mol. The zero-order valence-electron chi connectivity index (χ0n) is 21.3. The largest absolute Gasteiger partial charge is 0.867 e. The van der Waals surface area contributed by atoms with E-state index in [0.717, 1.165) is 11.4 Å². The lowest BCUT2D eigenvalue weighted by Gasteiger charge is -2.26. The molecular formula is C34H24N2O4. The van der Waals surface area contributed by atoms with Gasteiger partial charge in [-0.1, -0.05) is 72.8 Å². The average molecular weight is 525 g/mol. The van der Waals surface area contributed by atoms with Crippen LogP contribution in [0.25, 0.3) is 11.1 Å². The molecular weight excluding hydrogens is 500 g/mol. The van der Waals surface area contributed by atoms with Crippen LogP contribution in [0.4, 0.5) is 28.4 Å². The summed E-state index contributed by atoms with van der Waals surface area (Å²) in [5, 5.41) is 35.7. The van der Waals surface area contributed by atoms with Gasteiger partial charge in [-0.25, -0.2) is 0 Å². The molecule has 6 aromatic rings. The lowest BCUT2D eigenvalue weighted by Crippen LogP contribution is -2.44. The summed E-state index contributed by atoms with van der Waals surface area (Å²) < 4.78 is 1.60. The summed E-state index contributed by atoms with van der Waals surface area (Å²) in [5.41, 5.74) is 2.39. The smallest absolute Gasteiger partial charge is 0.257 e. The van der Waals surface area contributed by atoms with Crippen LogP contribution in [0.15, 0.2) is 138 Å². The Labute approximate surface area is 230 Å². The lowest BCUT2D eigenvalue weighted by atomic mass is 9.96. The third-order valence-corrected chi connectivity index (χ3v) is 6.76. The van der Waals surface area contributed by atoms with E-state index in [-0.39, 0.29) is 28.0 Å².